The number of carbonyl (C=O) groups is 10. The van der Waals surface area contributed by atoms with E-state index >= 15 is 0 Å². The van der Waals surface area contributed by atoms with Crippen molar-refractivity contribution in [3.05, 3.63) is 48.0 Å². The van der Waals surface area contributed by atoms with E-state index in [4.69, 9.17) is 10.8 Å². The number of carbonyl (C=O) groups excluding carboxylic acids is 6. The van der Waals surface area contributed by atoms with Gasteiger partial charge in [-0.25, -0.2) is 9.78 Å². The second-order valence-corrected chi connectivity index (χ2v) is 14.9. The predicted octanol–water partition coefficient (Wildman–Crippen LogP) is -3.15. The first-order chi connectivity index (χ1) is 30.0. The van der Waals surface area contributed by atoms with Gasteiger partial charge in [0.2, 0.25) is 35.4 Å². The molecule has 352 valence electrons. The second-order valence-electron chi connectivity index (χ2n) is 14.9. The molecule has 0 aliphatic heterocycles. The maximum Gasteiger partial charge on any atom is 0.326 e. The molecular weight excluding hydrogens is 850 g/mol. The first kappa shape index (κ1) is 53.0. The molecular formula is C39H55N9O16. The van der Waals surface area contributed by atoms with Crippen molar-refractivity contribution >= 4 is 59.3 Å². The maximum absolute atomic E-state index is 14.1. The van der Waals surface area contributed by atoms with Crippen LogP contribution in [-0.4, -0.2) is 148 Å². The lowest BCUT2D eigenvalue weighted by Gasteiger charge is -2.29. The number of aromatic nitrogens is 2. The van der Waals surface area contributed by atoms with Gasteiger partial charge in [0.1, 0.15) is 48.0 Å². The molecule has 0 saturated heterocycles. The molecule has 1 aromatic heterocycles. The number of benzene rings is 1. The van der Waals surface area contributed by atoms with Crippen molar-refractivity contribution < 1.29 is 78.6 Å². The van der Waals surface area contributed by atoms with Crippen molar-refractivity contribution in [1.29, 1.82) is 0 Å². The predicted molar refractivity (Wildman–Crippen MR) is 218 cm³/mol. The molecule has 15 N–H and O–H groups in total. The van der Waals surface area contributed by atoms with Crippen LogP contribution < -0.4 is 37.6 Å². The number of hydrogen-bond donors (Lipinski definition) is 14. The number of hydrogen-bond acceptors (Lipinski definition) is 14. The number of nitrogens with one attached hydrogen (secondary N) is 7. The molecule has 2 aromatic rings. The van der Waals surface area contributed by atoms with E-state index in [1.54, 1.807) is 13.8 Å². The molecule has 9 atom stereocenters. The standard InChI is InChI=1S/C39H55N9O16/c1-4-18(2)32(48-37(61)31(40)19(3)49)38(62)47-26(14-21-16-41-17-42-21)35(59)45-25(13-20-5-7-22(50)8-6-20)34(58)46-27(15-30(55)56)36(60)43-23(9-11-28(51)52)33(57)44-24(39(63)64)10-12-29(53)54/h5-8,16-19,23-27,31-32,49-50H,4,9-15,40H2,1-3H3,(H,41,42)(H,43,60)(H,44,57)(H,45,59)(H,46,58)(H,47,62)(H,48,61)(H,51,52)(H,53,54)(H,55,56)(H,63,64). The van der Waals surface area contributed by atoms with Crippen molar-refractivity contribution in [2.24, 2.45) is 11.7 Å². The summed E-state index contributed by atoms with van der Waals surface area (Å²) >= 11 is 0. The van der Waals surface area contributed by atoms with Gasteiger partial charge < -0.3 is 73.3 Å². The number of aromatic hydroxyl groups is 1. The number of aliphatic hydroxyl groups is 1. The molecule has 1 heterocycles. The molecule has 64 heavy (non-hydrogen) atoms. The number of rotatable bonds is 28. The van der Waals surface area contributed by atoms with E-state index in [1.807, 2.05) is 5.32 Å². The molecule has 0 spiro atoms. The second kappa shape index (κ2) is 25.7. The lowest BCUT2D eigenvalue weighted by atomic mass is 9.96. The summed E-state index contributed by atoms with van der Waals surface area (Å²) in [4.78, 5) is 134. The number of H-pyrrole nitrogens is 1. The molecule has 0 saturated carbocycles. The normalized spacial score (nSPS) is 15.2. The summed E-state index contributed by atoms with van der Waals surface area (Å²) in [5.74, 6) is -13.3. The van der Waals surface area contributed by atoms with Crippen molar-refractivity contribution in [3.8, 4) is 5.75 Å². The highest BCUT2D eigenvalue weighted by atomic mass is 16.4. The van der Waals surface area contributed by atoms with Crippen molar-refractivity contribution in [2.75, 3.05) is 0 Å². The lowest BCUT2D eigenvalue weighted by molar-refractivity contribution is -0.144. The Hall–Kier alpha value is -7.15. The summed E-state index contributed by atoms with van der Waals surface area (Å²) in [5.41, 5.74) is 6.43. The summed E-state index contributed by atoms with van der Waals surface area (Å²) in [6.07, 6.45) is -2.76. The van der Waals surface area contributed by atoms with Gasteiger partial charge in [-0.1, -0.05) is 32.4 Å². The highest BCUT2D eigenvalue weighted by Crippen LogP contribution is 2.14. The zero-order valence-corrected chi connectivity index (χ0v) is 35.1. The summed E-state index contributed by atoms with van der Waals surface area (Å²) in [6.45, 7) is 4.65. The largest absolute Gasteiger partial charge is 0.508 e. The number of amides is 6. The molecule has 1 aromatic carbocycles. The third-order valence-corrected chi connectivity index (χ3v) is 9.79. The van der Waals surface area contributed by atoms with Gasteiger partial charge in [0, 0.05) is 37.6 Å². The van der Waals surface area contributed by atoms with Crippen LogP contribution in [0.4, 0.5) is 0 Å². The van der Waals surface area contributed by atoms with Crippen LogP contribution in [0.1, 0.15) is 70.6 Å². The highest BCUT2D eigenvalue weighted by molar-refractivity contribution is 5.98. The van der Waals surface area contributed by atoms with E-state index in [0.717, 1.165) is 0 Å². The number of aliphatic carboxylic acids is 4. The van der Waals surface area contributed by atoms with Crippen LogP contribution in [0.25, 0.3) is 0 Å². The molecule has 25 nitrogen and oxygen atoms in total. The van der Waals surface area contributed by atoms with Crippen molar-refractivity contribution in [1.82, 2.24) is 41.9 Å². The van der Waals surface area contributed by atoms with Crippen LogP contribution in [0.2, 0.25) is 0 Å². The van der Waals surface area contributed by atoms with E-state index in [0.29, 0.717) is 17.7 Å². The molecule has 0 aliphatic rings. The zero-order chi connectivity index (χ0) is 48.3. The monoisotopic (exact) mass is 905 g/mol. The number of carboxylic acids is 4. The smallest absolute Gasteiger partial charge is 0.326 e. The van der Waals surface area contributed by atoms with Crippen LogP contribution in [0.5, 0.6) is 5.75 Å². The van der Waals surface area contributed by atoms with Crippen LogP contribution in [0, 0.1) is 5.92 Å². The SMILES string of the molecule is CCC(C)C(NC(=O)C(N)C(C)O)C(=O)NC(Cc1cnc[nH]1)C(=O)NC(Cc1ccc(O)cc1)C(=O)NC(CC(=O)O)C(=O)NC(CCC(=O)O)C(=O)NC(CCC(=O)O)C(=O)O. The number of phenolic OH excluding ortho intramolecular Hbond substituents is 1. The minimum absolute atomic E-state index is 0.162. The van der Waals surface area contributed by atoms with Crippen LogP contribution in [0.15, 0.2) is 36.8 Å². The number of phenols is 1. The van der Waals surface area contributed by atoms with Gasteiger partial charge in [0.05, 0.1) is 18.9 Å². The van der Waals surface area contributed by atoms with E-state index < -0.39 is 146 Å². The minimum Gasteiger partial charge on any atom is -0.508 e. The number of aliphatic hydroxyl groups excluding tert-OH is 1. The number of imidazole rings is 1. The zero-order valence-electron chi connectivity index (χ0n) is 35.1. The van der Waals surface area contributed by atoms with Crippen LogP contribution in [0.3, 0.4) is 0 Å². The van der Waals surface area contributed by atoms with Crippen LogP contribution >= 0.6 is 0 Å². The lowest BCUT2D eigenvalue weighted by Crippen LogP contribution is -2.61. The summed E-state index contributed by atoms with van der Waals surface area (Å²) < 4.78 is 0. The molecule has 25 heteroatoms. The maximum atomic E-state index is 14.1. The third kappa shape index (κ3) is 18.1. The van der Waals surface area contributed by atoms with E-state index in [1.165, 1.54) is 43.7 Å². The van der Waals surface area contributed by atoms with Gasteiger partial charge in [0.25, 0.3) is 0 Å². The summed E-state index contributed by atoms with van der Waals surface area (Å²) in [5, 5.41) is 71.0. The Bertz CT molecular complexity index is 1960. The molecule has 0 fully saturated rings. The average Bonchev–Trinajstić information content (AvgIpc) is 3.74. The number of nitrogens with zero attached hydrogens (tertiary/aromatic N) is 1. The van der Waals surface area contributed by atoms with E-state index in [9.17, 15) is 73.5 Å². The summed E-state index contributed by atoms with van der Waals surface area (Å²) in [7, 11) is 0. The Kier molecular flexibility index (Phi) is 21.3. The third-order valence-electron chi connectivity index (χ3n) is 9.79. The molecule has 0 bridgehead atoms. The number of nitrogens with two attached hydrogens (primary N) is 1. The van der Waals surface area contributed by atoms with Crippen LogP contribution in [-0.2, 0) is 60.8 Å². The van der Waals surface area contributed by atoms with Gasteiger partial charge in [-0.2, -0.15) is 0 Å². The van der Waals surface area contributed by atoms with Crippen molar-refractivity contribution in [2.45, 2.75) is 121 Å². The number of carboxylic acid groups (broad SMARTS) is 4. The Morgan fingerprint density at radius 1 is 0.641 bits per heavy atom. The van der Waals surface area contributed by atoms with E-state index in [2.05, 4.69) is 36.6 Å². The molecule has 0 radical (unpaired) electrons. The quantitative estimate of drug-likeness (QED) is 0.0401. The average molecular weight is 906 g/mol. The molecule has 2 rings (SSSR count). The van der Waals surface area contributed by atoms with Gasteiger partial charge >= 0.3 is 23.9 Å². The fourth-order valence-corrected chi connectivity index (χ4v) is 5.87. The number of aromatic amines is 1. The fourth-order valence-electron chi connectivity index (χ4n) is 5.87. The molecule has 9 unspecified atom stereocenters. The molecule has 0 aliphatic carbocycles. The Balaban J connectivity index is 2.51. The Morgan fingerprint density at radius 2 is 1.12 bits per heavy atom. The van der Waals surface area contributed by atoms with Gasteiger partial charge in [0.15, 0.2) is 0 Å². The minimum atomic E-state index is -2.03. The first-order valence-corrected chi connectivity index (χ1v) is 19.9. The van der Waals surface area contributed by atoms with E-state index in [-0.39, 0.29) is 18.6 Å². The highest BCUT2D eigenvalue weighted by Gasteiger charge is 2.36. The fraction of sp³-hybridized carbons (Fsp3) is 0.513. The summed E-state index contributed by atoms with van der Waals surface area (Å²) in [6, 6.07) is -6.21. The van der Waals surface area contributed by atoms with Gasteiger partial charge in [-0.05, 0) is 43.4 Å². The molecule has 6 amide bonds. The Labute approximate surface area is 365 Å². The van der Waals surface area contributed by atoms with Gasteiger partial charge in [-0.3, -0.25) is 43.2 Å². The topological polar surface area (TPSA) is 419 Å². The first-order valence-electron chi connectivity index (χ1n) is 19.9. The Morgan fingerprint density at radius 3 is 1.62 bits per heavy atom. The van der Waals surface area contributed by atoms with Crippen molar-refractivity contribution in [3.63, 3.8) is 0 Å². The van der Waals surface area contributed by atoms with Gasteiger partial charge in [-0.15, -0.1) is 0 Å².